The fourth-order valence-electron chi connectivity index (χ4n) is 5.07. The summed E-state index contributed by atoms with van der Waals surface area (Å²) in [6.45, 7) is 5.80. The molecule has 38 heavy (non-hydrogen) atoms. The van der Waals surface area contributed by atoms with Crippen molar-refractivity contribution in [1.82, 2.24) is 9.55 Å². The van der Waals surface area contributed by atoms with Crippen molar-refractivity contribution in [2.45, 2.75) is 38.1 Å². The van der Waals surface area contributed by atoms with Gasteiger partial charge in [0.25, 0.3) is 0 Å². The second-order valence-electron chi connectivity index (χ2n) is 9.53. The van der Waals surface area contributed by atoms with Crippen molar-refractivity contribution in [2.75, 3.05) is 25.2 Å². The van der Waals surface area contributed by atoms with Crippen molar-refractivity contribution >= 4 is 34.2 Å². The zero-order chi connectivity index (χ0) is 26.5. The summed E-state index contributed by atoms with van der Waals surface area (Å²) >= 11 is 6.05. The van der Waals surface area contributed by atoms with E-state index in [-0.39, 0.29) is 11.8 Å². The normalized spacial score (nSPS) is 15.3. The number of aryl methyl sites for hydroxylation is 1. The number of fused-ring (bicyclic) bond motifs is 1. The number of para-hydroxylation sites is 2. The predicted molar refractivity (Wildman–Crippen MR) is 153 cm³/mol. The molecular formula is C31H32ClN3O3. The number of ether oxygens (including phenoxy) is 2. The van der Waals surface area contributed by atoms with Gasteiger partial charge in [-0.05, 0) is 73.4 Å². The molecule has 2 heterocycles. The lowest BCUT2D eigenvalue weighted by Crippen LogP contribution is -2.24. The third-order valence-electron chi connectivity index (χ3n) is 6.95. The number of carbonyl (C=O) groups is 1. The van der Waals surface area contributed by atoms with E-state index in [1.165, 1.54) is 0 Å². The first-order valence-electron chi connectivity index (χ1n) is 13.0. The van der Waals surface area contributed by atoms with Crippen LogP contribution in [-0.4, -0.2) is 35.7 Å². The van der Waals surface area contributed by atoms with Crippen molar-refractivity contribution in [3.8, 4) is 11.5 Å². The van der Waals surface area contributed by atoms with Gasteiger partial charge in [-0.25, -0.2) is 4.98 Å². The van der Waals surface area contributed by atoms with Crippen LogP contribution >= 0.6 is 11.6 Å². The summed E-state index contributed by atoms with van der Waals surface area (Å²) in [6.07, 6.45) is 4.91. The number of benzene rings is 3. The Morgan fingerprint density at radius 1 is 1.08 bits per heavy atom. The number of amides is 1. The summed E-state index contributed by atoms with van der Waals surface area (Å²) in [5, 5.41) is 0.658. The highest BCUT2D eigenvalue weighted by molar-refractivity contribution is 6.30. The molecule has 1 amide bonds. The molecule has 0 spiro atoms. The van der Waals surface area contributed by atoms with Crippen LogP contribution in [0.15, 0.2) is 79.4 Å². The van der Waals surface area contributed by atoms with Crippen molar-refractivity contribution in [1.29, 1.82) is 0 Å². The lowest BCUT2D eigenvalue weighted by molar-refractivity contribution is -0.117. The van der Waals surface area contributed by atoms with Gasteiger partial charge in [-0.15, -0.1) is 6.58 Å². The number of halogens is 1. The summed E-state index contributed by atoms with van der Waals surface area (Å²) in [5.74, 6) is 2.60. The Kier molecular flexibility index (Phi) is 7.99. The standard InChI is InChI=1S/C31H32ClN3O3/c1-3-8-22-11-16-28(29(19-22)37-2)38-18-7-6-17-34-27-10-5-4-9-26(27)33-31(34)23-20-30(36)35(21-23)25-14-12-24(32)13-15-25/h3-5,9-16,19,23H,1,6-8,17-18,20-21H2,2H3. The summed E-state index contributed by atoms with van der Waals surface area (Å²) in [6, 6.07) is 21.6. The molecule has 1 aliphatic rings. The highest BCUT2D eigenvalue weighted by Crippen LogP contribution is 2.34. The molecule has 1 unspecified atom stereocenters. The summed E-state index contributed by atoms with van der Waals surface area (Å²) in [5.41, 5.74) is 4.07. The number of aromatic nitrogens is 2. The number of unbranched alkanes of at least 4 members (excludes halogenated alkanes) is 1. The number of carbonyl (C=O) groups excluding carboxylic acids is 1. The highest BCUT2D eigenvalue weighted by Gasteiger charge is 2.34. The van der Waals surface area contributed by atoms with Crippen molar-refractivity contribution in [3.63, 3.8) is 0 Å². The Labute approximate surface area is 228 Å². The molecule has 1 fully saturated rings. The minimum atomic E-state index is 0.0279. The zero-order valence-electron chi connectivity index (χ0n) is 21.6. The van der Waals surface area contributed by atoms with Crippen LogP contribution in [0.4, 0.5) is 5.69 Å². The third kappa shape index (κ3) is 5.55. The van der Waals surface area contributed by atoms with E-state index in [2.05, 4.69) is 17.2 Å². The van der Waals surface area contributed by atoms with Gasteiger partial charge in [0.1, 0.15) is 5.82 Å². The maximum atomic E-state index is 12.9. The highest BCUT2D eigenvalue weighted by atomic mass is 35.5. The van der Waals surface area contributed by atoms with Crippen molar-refractivity contribution < 1.29 is 14.3 Å². The molecule has 0 radical (unpaired) electrons. The average Bonchev–Trinajstić information content (AvgIpc) is 3.50. The topological polar surface area (TPSA) is 56.6 Å². The summed E-state index contributed by atoms with van der Waals surface area (Å²) in [7, 11) is 1.66. The Hall–Kier alpha value is -3.77. The van der Waals surface area contributed by atoms with Gasteiger partial charge in [-0.2, -0.15) is 0 Å². The molecule has 1 atom stereocenters. The number of rotatable bonds is 11. The van der Waals surface area contributed by atoms with Crippen molar-refractivity contribution in [2.24, 2.45) is 0 Å². The van der Waals surface area contributed by atoms with Gasteiger partial charge in [0, 0.05) is 36.1 Å². The molecule has 0 N–H and O–H groups in total. The monoisotopic (exact) mass is 529 g/mol. The quantitative estimate of drug-likeness (QED) is 0.158. The van der Waals surface area contributed by atoms with Crippen LogP contribution in [0.1, 0.15) is 36.6 Å². The zero-order valence-corrected chi connectivity index (χ0v) is 22.4. The molecular weight excluding hydrogens is 498 g/mol. The second-order valence-corrected chi connectivity index (χ2v) is 9.96. The van der Waals surface area contributed by atoms with Gasteiger partial charge in [0.05, 0.1) is 24.8 Å². The van der Waals surface area contributed by atoms with Crippen LogP contribution < -0.4 is 14.4 Å². The van der Waals surface area contributed by atoms with Gasteiger partial charge in [-0.3, -0.25) is 4.79 Å². The molecule has 3 aromatic carbocycles. The van der Waals surface area contributed by atoms with Gasteiger partial charge >= 0.3 is 0 Å². The van der Waals surface area contributed by atoms with E-state index in [9.17, 15) is 4.79 Å². The maximum Gasteiger partial charge on any atom is 0.227 e. The fourth-order valence-corrected chi connectivity index (χ4v) is 5.20. The Morgan fingerprint density at radius 3 is 2.68 bits per heavy atom. The molecule has 0 saturated carbocycles. The van der Waals surface area contributed by atoms with E-state index >= 15 is 0 Å². The van der Waals surface area contributed by atoms with Crippen LogP contribution in [0.3, 0.4) is 0 Å². The van der Waals surface area contributed by atoms with Gasteiger partial charge in [-0.1, -0.05) is 35.9 Å². The molecule has 7 heteroatoms. The van der Waals surface area contributed by atoms with Gasteiger partial charge in [0.2, 0.25) is 5.91 Å². The second kappa shape index (κ2) is 11.7. The van der Waals surface area contributed by atoms with E-state index in [4.69, 9.17) is 26.1 Å². The first kappa shape index (κ1) is 25.9. The lowest BCUT2D eigenvalue weighted by Gasteiger charge is -2.17. The number of allylic oxidation sites excluding steroid dienone is 1. The molecule has 1 aliphatic heterocycles. The van der Waals surface area contributed by atoms with Crippen LogP contribution in [0.5, 0.6) is 11.5 Å². The number of nitrogens with zero attached hydrogens (tertiary/aromatic N) is 3. The lowest BCUT2D eigenvalue weighted by atomic mass is 10.1. The Balaban J connectivity index is 1.26. The van der Waals surface area contributed by atoms with Crippen LogP contribution in [0, 0.1) is 0 Å². The first-order chi connectivity index (χ1) is 18.6. The Morgan fingerprint density at radius 2 is 1.89 bits per heavy atom. The molecule has 0 aliphatic carbocycles. The van der Waals surface area contributed by atoms with E-state index < -0.39 is 0 Å². The number of anilines is 1. The number of hydrogen-bond acceptors (Lipinski definition) is 4. The smallest absolute Gasteiger partial charge is 0.227 e. The summed E-state index contributed by atoms with van der Waals surface area (Å²) in [4.78, 5) is 19.7. The van der Waals surface area contributed by atoms with E-state index in [0.29, 0.717) is 24.6 Å². The van der Waals surface area contributed by atoms with Crippen molar-refractivity contribution in [3.05, 3.63) is 95.8 Å². The first-order valence-corrected chi connectivity index (χ1v) is 13.4. The van der Waals surface area contributed by atoms with Gasteiger partial charge in [0.15, 0.2) is 11.5 Å². The Bertz CT molecular complexity index is 1430. The molecule has 5 rings (SSSR count). The largest absolute Gasteiger partial charge is 0.493 e. The SMILES string of the molecule is C=CCc1ccc(OCCCCn2c(C3CC(=O)N(c4ccc(Cl)cc4)C3)nc3ccccc32)c(OC)c1. The fraction of sp³-hybridized carbons (Fsp3) is 0.290. The minimum Gasteiger partial charge on any atom is -0.493 e. The van der Waals surface area contributed by atoms with E-state index in [1.54, 1.807) is 7.11 Å². The summed E-state index contributed by atoms with van der Waals surface area (Å²) < 4.78 is 13.8. The third-order valence-corrected chi connectivity index (χ3v) is 7.21. The van der Waals surface area contributed by atoms with Crippen LogP contribution in [-0.2, 0) is 17.8 Å². The minimum absolute atomic E-state index is 0.0279. The number of hydrogen-bond donors (Lipinski definition) is 0. The number of imidazole rings is 1. The van der Waals surface area contributed by atoms with Crippen LogP contribution in [0.25, 0.3) is 11.0 Å². The number of methoxy groups -OCH3 is 1. The molecule has 1 saturated heterocycles. The molecule has 1 aromatic heterocycles. The molecule has 196 valence electrons. The molecule has 6 nitrogen and oxygen atoms in total. The maximum absolute atomic E-state index is 12.9. The van der Waals surface area contributed by atoms with E-state index in [1.807, 2.05) is 71.6 Å². The predicted octanol–water partition coefficient (Wildman–Crippen LogP) is 6.81. The average molecular weight is 530 g/mol. The molecule has 0 bridgehead atoms. The van der Waals surface area contributed by atoms with Gasteiger partial charge < -0.3 is 18.9 Å². The van der Waals surface area contributed by atoms with E-state index in [0.717, 1.165) is 65.4 Å². The molecule has 4 aromatic rings. The van der Waals surface area contributed by atoms with Crippen LogP contribution in [0.2, 0.25) is 5.02 Å².